The van der Waals surface area contributed by atoms with Crippen molar-refractivity contribution in [3.63, 3.8) is 0 Å². The number of ether oxygens (including phenoxy) is 1. The number of aromatic nitrogens is 6. The molecular formula is C63H70Cl4N10O5. The Morgan fingerprint density at radius 1 is 0.634 bits per heavy atom. The number of Topliss-reactive ketones (excluding diaryl/α,β-unsaturated/α-hetero) is 2. The number of H-pyrrole nitrogens is 2. The lowest BCUT2D eigenvalue weighted by Gasteiger charge is -2.29. The highest BCUT2D eigenvalue weighted by atomic mass is 35.5. The van der Waals surface area contributed by atoms with Crippen LogP contribution in [0.5, 0.6) is 0 Å². The van der Waals surface area contributed by atoms with Gasteiger partial charge in [0, 0.05) is 106 Å². The van der Waals surface area contributed by atoms with E-state index in [4.69, 9.17) is 55.2 Å². The summed E-state index contributed by atoms with van der Waals surface area (Å²) in [6, 6.07) is 30.9. The first kappa shape index (κ1) is 63.8. The number of halogens is 4. The highest BCUT2D eigenvalue weighted by Crippen LogP contribution is 2.36. The number of nitrogens with one attached hydrogen (secondary N) is 5. The van der Waals surface area contributed by atoms with Crippen molar-refractivity contribution in [2.24, 2.45) is 11.8 Å². The summed E-state index contributed by atoms with van der Waals surface area (Å²) in [4.78, 5) is 71.3. The van der Waals surface area contributed by atoms with Crippen LogP contribution in [0.4, 0.5) is 23.3 Å². The van der Waals surface area contributed by atoms with Gasteiger partial charge in [0.05, 0.1) is 33.8 Å². The van der Waals surface area contributed by atoms with Crippen LogP contribution in [0.2, 0.25) is 10.0 Å². The number of anilines is 4. The number of carbonyl (C=O) groups excluding carboxylic acids is 4. The summed E-state index contributed by atoms with van der Waals surface area (Å²) in [5, 5.41) is 12.3. The van der Waals surface area contributed by atoms with Crippen LogP contribution in [0, 0.1) is 11.8 Å². The van der Waals surface area contributed by atoms with Gasteiger partial charge in [-0.3, -0.25) is 19.2 Å². The lowest BCUT2D eigenvalue weighted by Crippen LogP contribution is -2.28. The van der Waals surface area contributed by atoms with Gasteiger partial charge in [0.2, 0.25) is 23.0 Å². The van der Waals surface area contributed by atoms with Crippen molar-refractivity contribution in [2.75, 3.05) is 34.9 Å². The summed E-state index contributed by atoms with van der Waals surface area (Å²) in [7, 11) is 0. The molecule has 8 aromatic rings. The Hall–Kier alpha value is -7.40. The van der Waals surface area contributed by atoms with E-state index in [0.717, 1.165) is 104 Å². The Kier molecular flexibility index (Phi) is 24.7. The molecular weight excluding hydrogens is 1120 g/mol. The summed E-state index contributed by atoms with van der Waals surface area (Å²) >= 11 is 17.6. The van der Waals surface area contributed by atoms with Gasteiger partial charge >= 0.3 is 0 Å². The highest BCUT2D eigenvalue weighted by Gasteiger charge is 2.27. The number of allylic oxidation sites excluding steroid dienone is 1. The number of ketones is 2. The van der Waals surface area contributed by atoms with Crippen molar-refractivity contribution in [1.29, 1.82) is 0 Å². The van der Waals surface area contributed by atoms with E-state index in [0.29, 0.717) is 80.5 Å². The topological polar surface area (TPSA) is 223 Å². The number of benzene rings is 4. The minimum absolute atomic E-state index is 0. The molecule has 0 unspecified atom stereocenters. The number of hydrogen-bond donors (Lipinski definition) is 6. The number of hydrogen-bond acceptors (Lipinski definition) is 12. The maximum absolute atomic E-state index is 12.9. The van der Waals surface area contributed by atoms with Crippen LogP contribution in [0.15, 0.2) is 147 Å². The standard InChI is InChI=1S/C29H28ClN5O2.C26H26ClN5O.C4H8O.C3H3ClO.CH4.ClH/c1-2-27(37)33-21-7-5-6-19(15-21)26(36)14-18-10-12-20(13-11-18)34-29-32-17-24(30)28(35-29)23-16-31-25-9-4-3-8-22(23)25;27-22-15-30-26(32-25(22)21-14-29-23-7-2-1-6-20(21)23)31-19-10-8-16(9-11-19)12-24(33)17-4-3-5-18(28)13-17;1-2-4-5-3-1;1-2-3(4)5;;/h2-9,15-18,20,31H,1,10-14H2,(H,33,37)(H,32,34,35);1-7,13-16,19,29H,8-12,28H2,(H,30,31,32);1-4H2;2H,1H2;1H4;1H. The average Bonchev–Trinajstić information content (AvgIpc) is 4.34. The first-order valence-corrected chi connectivity index (χ1v) is 28.0. The van der Waals surface area contributed by atoms with Crippen molar-refractivity contribution in [3.8, 4) is 22.5 Å². The molecule has 15 nitrogen and oxygen atoms in total. The van der Waals surface area contributed by atoms with Crippen molar-refractivity contribution in [3.05, 3.63) is 168 Å². The normalized spacial score (nSPS) is 17.1. The van der Waals surface area contributed by atoms with Gasteiger partial charge in [0.25, 0.3) is 0 Å². The Bertz CT molecular complexity index is 3430. The molecule has 4 aromatic heterocycles. The third-order valence-electron chi connectivity index (χ3n) is 14.3. The van der Waals surface area contributed by atoms with Gasteiger partial charge in [0.1, 0.15) is 0 Å². The maximum atomic E-state index is 12.9. The molecule has 82 heavy (non-hydrogen) atoms. The lowest BCUT2D eigenvalue weighted by molar-refractivity contribution is -0.112. The smallest absolute Gasteiger partial charge is 0.247 e. The molecule has 11 rings (SSSR count). The Morgan fingerprint density at radius 3 is 1.51 bits per heavy atom. The zero-order valence-corrected chi connectivity index (χ0v) is 47.9. The molecule has 430 valence electrons. The van der Waals surface area contributed by atoms with Crippen molar-refractivity contribution in [2.45, 2.75) is 96.6 Å². The largest absolute Gasteiger partial charge is 0.399 e. The van der Waals surface area contributed by atoms with Crippen LogP contribution in [-0.4, -0.2) is 77.9 Å². The molecule has 3 fully saturated rings. The van der Waals surface area contributed by atoms with Crippen LogP contribution in [0.25, 0.3) is 44.3 Å². The van der Waals surface area contributed by atoms with Gasteiger partial charge in [-0.25, -0.2) is 19.9 Å². The molecule has 2 aliphatic carbocycles. The van der Waals surface area contributed by atoms with E-state index in [9.17, 15) is 19.2 Å². The summed E-state index contributed by atoms with van der Waals surface area (Å²) in [5.74, 6) is 1.82. The van der Waals surface area contributed by atoms with E-state index in [2.05, 4.69) is 55.1 Å². The van der Waals surface area contributed by atoms with Gasteiger partial charge in [-0.2, -0.15) is 0 Å². The second-order valence-corrected chi connectivity index (χ2v) is 21.2. The predicted octanol–water partition coefficient (Wildman–Crippen LogP) is 15.5. The van der Waals surface area contributed by atoms with Crippen LogP contribution in [0.3, 0.4) is 0 Å². The number of amides is 1. The molecule has 3 aliphatic rings. The number of carbonyl (C=O) groups is 4. The van der Waals surface area contributed by atoms with Gasteiger partial charge in [-0.1, -0.05) is 104 Å². The molecule has 0 bridgehead atoms. The minimum Gasteiger partial charge on any atom is -0.399 e. The lowest BCUT2D eigenvalue weighted by atomic mass is 9.82. The number of rotatable bonds is 15. The molecule has 2 saturated carbocycles. The fourth-order valence-electron chi connectivity index (χ4n) is 10.1. The molecule has 7 N–H and O–H groups in total. The monoisotopic (exact) mass is 1190 g/mol. The number of nitrogens with two attached hydrogens (primary N) is 1. The van der Waals surface area contributed by atoms with E-state index in [1.807, 2.05) is 67.0 Å². The summed E-state index contributed by atoms with van der Waals surface area (Å²) in [6.45, 7) is 8.53. The Labute approximate surface area is 500 Å². The number of aromatic amines is 2. The summed E-state index contributed by atoms with van der Waals surface area (Å²) in [6.07, 6.45) is 20.7. The van der Waals surface area contributed by atoms with Crippen molar-refractivity contribution in [1.82, 2.24) is 29.9 Å². The van der Waals surface area contributed by atoms with Gasteiger partial charge in [-0.15, -0.1) is 12.4 Å². The molecule has 0 radical (unpaired) electrons. The zero-order valence-electron chi connectivity index (χ0n) is 44.8. The molecule has 4 aromatic carbocycles. The molecule has 1 aliphatic heterocycles. The molecule has 0 spiro atoms. The third-order valence-corrected chi connectivity index (χ3v) is 15.0. The third kappa shape index (κ3) is 18.0. The van der Waals surface area contributed by atoms with E-state index in [1.165, 1.54) is 18.9 Å². The van der Waals surface area contributed by atoms with E-state index in [1.54, 1.807) is 48.8 Å². The first-order valence-electron chi connectivity index (χ1n) is 26.9. The molecule has 1 saturated heterocycles. The number of para-hydroxylation sites is 2. The second-order valence-electron chi connectivity index (χ2n) is 20.0. The number of nitrogen functional groups attached to an aromatic ring is 1. The Morgan fingerprint density at radius 2 is 1.09 bits per heavy atom. The molecule has 1 amide bonds. The second kappa shape index (κ2) is 31.7. The fourth-order valence-corrected chi connectivity index (χ4v) is 10.5. The van der Waals surface area contributed by atoms with Crippen LogP contribution in [0.1, 0.15) is 105 Å². The van der Waals surface area contributed by atoms with Crippen LogP contribution < -0.4 is 21.7 Å². The average molecular weight is 1190 g/mol. The van der Waals surface area contributed by atoms with Gasteiger partial charge in [0.15, 0.2) is 11.6 Å². The van der Waals surface area contributed by atoms with Gasteiger partial charge in [-0.05, 0) is 136 Å². The quantitative estimate of drug-likeness (QED) is 0.0244. The SMILES string of the molecule is C.C1CCOC1.C=CC(=O)Cl.C=CC(=O)Nc1cccc(C(=O)CC2CCC(Nc3ncc(Cl)c(-c4c[nH]c5ccccc45)n3)CC2)c1.Cl.Nc1cccc(C(=O)CC2CCC(Nc3ncc(Cl)c(-c4c[nH]c5ccccc45)n3)CC2)c1. The predicted molar refractivity (Wildman–Crippen MR) is 337 cm³/mol. The molecule has 5 heterocycles. The summed E-state index contributed by atoms with van der Waals surface area (Å²) < 4.78 is 4.94. The van der Waals surface area contributed by atoms with Crippen LogP contribution in [-0.2, 0) is 14.3 Å². The first-order chi connectivity index (χ1) is 38.8. The zero-order chi connectivity index (χ0) is 56.4. The van der Waals surface area contributed by atoms with Crippen molar-refractivity contribution >= 4 is 115 Å². The van der Waals surface area contributed by atoms with E-state index >= 15 is 0 Å². The Balaban J connectivity index is 0.000000222. The van der Waals surface area contributed by atoms with Crippen LogP contribution >= 0.6 is 47.2 Å². The molecule has 0 atom stereocenters. The van der Waals surface area contributed by atoms with E-state index < -0.39 is 5.24 Å². The van der Waals surface area contributed by atoms with Gasteiger partial charge < -0.3 is 36.4 Å². The molecule has 19 heteroatoms. The van der Waals surface area contributed by atoms with E-state index in [-0.39, 0.29) is 49.4 Å². The number of fused-ring (bicyclic) bond motifs is 2. The minimum atomic E-state index is -0.509. The highest BCUT2D eigenvalue weighted by molar-refractivity contribution is 6.66. The summed E-state index contributed by atoms with van der Waals surface area (Å²) in [5.41, 5.74) is 13.8. The van der Waals surface area contributed by atoms with Crippen molar-refractivity contribution < 1.29 is 23.9 Å². The maximum Gasteiger partial charge on any atom is 0.247 e. The fraction of sp³-hybridized carbons (Fsp3) is 0.302. The number of nitrogens with zero attached hydrogens (tertiary/aromatic N) is 4.